The van der Waals surface area contributed by atoms with E-state index in [-0.39, 0.29) is 18.5 Å². The largest absolute Gasteiger partial charge is 0.352 e. The molecule has 0 spiro atoms. The molecule has 1 N–H and O–H groups in total. The van der Waals surface area contributed by atoms with E-state index in [9.17, 15) is 18.0 Å². The van der Waals surface area contributed by atoms with Gasteiger partial charge in [-0.05, 0) is 55.5 Å². The first-order chi connectivity index (χ1) is 17.0. The quantitative estimate of drug-likeness (QED) is 0.451. The highest BCUT2D eigenvalue weighted by atomic mass is 35.5. The SMILES string of the molecule is CC[C@@H](C(=O)NC1CCCC1)N(Cc1ccc(Cl)cc1Cl)C(=O)CN(c1ccccc1C)S(C)(=O)=O. The Bertz CT molecular complexity index is 1200. The lowest BCUT2D eigenvalue weighted by molar-refractivity contribution is -0.140. The second-order valence-electron chi connectivity index (χ2n) is 9.23. The molecule has 0 radical (unpaired) electrons. The van der Waals surface area contributed by atoms with E-state index in [1.54, 1.807) is 49.4 Å². The Morgan fingerprint density at radius 1 is 1.11 bits per heavy atom. The highest BCUT2D eigenvalue weighted by Gasteiger charge is 2.33. The zero-order valence-corrected chi connectivity index (χ0v) is 23.2. The molecule has 0 heterocycles. The van der Waals surface area contributed by atoms with E-state index in [1.807, 2.05) is 6.92 Å². The van der Waals surface area contributed by atoms with E-state index in [2.05, 4.69) is 5.32 Å². The molecule has 196 valence electrons. The molecular weight excluding hydrogens is 521 g/mol. The second-order valence-corrected chi connectivity index (χ2v) is 12.0. The van der Waals surface area contributed by atoms with Crippen LogP contribution in [-0.4, -0.2) is 50.0 Å². The van der Waals surface area contributed by atoms with Gasteiger partial charge in [-0.15, -0.1) is 0 Å². The number of anilines is 1. The van der Waals surface area contributed by atoms with Crippen molar-refractivity contribution < 1.29 is 18.0 Å². The van der Waals surface area contributed by atoms with Gasteiger partial charge in [-0.25, -0.2) is 8.42 Å². The third-order valence-corrected chi connectivity index (χ3v) is 8.22. The molecule has 10 heteroatoms. The lowest BCUT2D eigenvalue weighted by atomic mass is 10.1. The smallest absolute Gasteiger partial charge is 0.244 e. The second kappa shape index (κ2) is 12.3. The summed E-state index contributed by atoms with van der Waals surface area (Å²) in [5.41, 5.74) is 1.75. The summed E-state index contributed by atoms with van der Waals surface area (Å²) in [5, 5.41) is 3.90. The minimum atomic E-state index is -3.79. The van der Waals surface area contributed by atoms with E-state index < -0.39 is 28.5 Å². The van der Waals surface area contributed by atoms with Crippen LogP contribution in [-0.2, 0) is 26.2 Å². The van der Waals surface area contributed by atoms with Crippen LogP contribution in [0.4, 0.5) is 5.69 Å². The molecule has 2 amide bonds. The number of hydrogen-bond donors (Lipinski definition) is 1. The summed E-state index contributed by atoms with van der Waals surface area (Å²) in [5.74, 6) is -0.743. The van der Waals surface area contributed by atoms with Crippen LogP contribution in [0, 0.1) is 6.92 Å². The molecule has 1 saturated carbocycles. The summed E-state index contributed by atoms with van der Waals surface area (Å²) < 4.78 is 26.6. The number of benzene rings is 2. The number of carbonyl (C=O) groups excluding carboxylic acids is 2. The van der Waals surface area contributed by atoms with Crippen LogP contribution in [0.3, 0.4) is 0 Å². The predicted octanol–water partition coefficient (Wildman–Crippen LogP) is 4.93. The van der Waals surface area contributed by atoms with Gasteiger partial charge in [-0.3, -0.25) is 13.9 Å². The average molecular weight is 555 g/mol. The van der Waals surface area contributed by atoms with Gasteiger partial charge < -0.3 is 10.2 Å². The van der Waals surface area contributed by atoms with Crippen molar-refractivity contribution in [1.29, 1.82) is 0 Å². The number of aryl methyl sites for hydroxylation is 1. The molecule has 1 atom stereocenters. The van der Waals surface area contributed by atoms with Crippen molar-refractivity contribution in [2.75, 3.05) is 17.1 Å². The molecule has 0 aromatic heterocycles. The monoisotopic (exact) mass is 553 g/mol. The molecule has 0 bridgehead atoms. The van der Waals surface area contributed by atoms with Crippen molar-refractivity contribution in [2.24, 2.45) is 0 Å². The molecule has 36 heavy (non-hydrogen) atoms. The standard InChI is InChI=1S/C26H33Cl2N3O4S/c1-4-23(26(33)29-21-10-6-7-11-21)30(16-19-13-14-20(27)15-22(19)28)25(32)17-31(36(3,34)35)24-12-8-5-9-18(24)2/h5,8-9,12-15,21,23H,4,6-7,10-11,16-17H2,1-3H3,(H,29,33)/t23-/m0/s1. The molecular formula is C26H33Cl2N3O4S. The number of carbonyl (C=O) groups is 2. The highest BCUT2D eigenvalue weighted by Crippen LogP contribution is 2.26. The maximum absolute atomic E-state index is 13.8. The zero-order valence-electron chi connectivity index (χ0n) is 20.8. The fraction of sp³-hybridized carbons (Fsp3) is 0.462. The van der Waals surface area contributed by atoms with Crippen molar-refractivity contribution >= 4 is 50.7 Å². The average Bonchev–Trinajstić information content (AvgIpc) is 3.31. The van der Waals surface area contributed by atoms with Crippen LogP contribution in [0.5, 0.6) is 0 Å². The topological polar surface area (TPSA) is 86.8 Å². The molecule has 2 aromatic carbocycles. The molecule has 3 rings (SSSR count). The molecule has 2 aromatic rings. The van der Waals surface area contributed by atoms with Crippen molar-refractivity contribution in [3.8, 4) is 0 Å². The number of nitrogens with one attached hydrogen (secondary N) is 1. The van der Waals surface area contributed by atoms with Gasteiger partial charge in [0.25, 0.3) is 0 Å². The van der Waals surface area contributed by atoms with Gasteiger partial charge >= 0.3 is 0 Å². The number of amides is 2. The minimum Gasteiger partial charge on any atom is -0.352 e. The Morgan fingerprint density at radius 2 is 1.78 bits per heavy atom. The van der Waals surface area contributed by atoms with Crippen LogP contribution in [0.1, 0.15) is 50.2 Å². The Hall–Kier alpha value is -2.29. The van der Waals surface area contributed by atoms with Crippen LogP contribution in [0.15, 0.2) is 42.5 Å². The first-order valence-electron chi connectivity index (χ1n) is 12.1. The minimum absolute atomic E-state index is 0.0385. The van der Waals surface area contributed by atoms with Gasteiger partial charge in [0.1, 0.15) is 12.6 Å². The van der Waals surface area contributed by atoms with Gasteiger partial charge in [-0.2, -0.15) is 0 Å². The first-order valence-corrected chi connectivity index (χ1v) is 14.7. The van der Waals surface area contributed by atoms with Crippen LogP contribution in [0.25, 0.3) is 0 Å². The van der Waals surface area contributed by atoms with Crippen LogP contribution >= 0.6 is 23.2 Å². The van der Waals surface area contributed by atoms with E-state index >= 15 is 0 Å². The Balaban J connectivity index is 1.96. The Labute approximate surface area is 223 Å². The number of para-hydroxylation sites is 1. The van der Waals surface area contributed by atoms with E-state index in [1.165, 1.54) is 4.90 Å². The molecule has 7 nitrogen and oxygen atoms in total. The lowest BCUT2D eigenvalue weighted by Gasteiger charge is -2.34. The summed E-state index contributed by atoms with van der Waals surface area (Å²) in [6.45, 7) is 3.21. The molecule has 1 aliphatic rings. The molecule has 0 saturated heterocycles. The fourth-order valence-corrected chi connectivity index (χ4v) is 5.93. The summed E-state index contributed by atoms with van der Waals surface area (Å²) in [4.78, 5) is 28.5. The number of sulfonamides is 1. The van der Waals surface area contributed by atoms with Crippen molar-refractivity contribution in [1.82, 2.24) is 10.2 Å². The summed E-state index contributed by atoms with van der Waals surface area (Å²) in [6.07, 6.45) is 5.37. The molecule has 0 aliphatic heterocycles. The van der Waals surface area contributed by atoms with Gasteiger partial charge in [0.15, 0.2) is 0 Å². The van der Waals surface area contributed by atoms with Crippen LogP contribution < -0.4 is 9.62 Å². The number of hydrogen-bond acceptors (Lipinski definition) is 4. The van der Waals surface area contributed by atoms with Gasteiger partial charge in [0.2, 0.25) is 21.8 Å². The third kappa shape index (κ3) is 7.14. The third-order valence-electron chi connectivity index (χ3n) is 6.51. The van der Waals surface area contributed by atoms with Gasteiger partial charge in [0, 0.05) is 22.6 Å². The fourth-order valence-electron chi connectivity index (χ4n) is 4.56. The molecule has 1 aliphatic carbocycles. The maximum Gasteiger partial charge on any atom is 0.244 e. The summed E-state index contributed by atoms with van der Waals surface area (Å²) >= 11 is 12.5. The summed E-state index contributed by atoms with van der Waals surface area (Å²) in [6, 6.07) is 11.2. The Morgan fingerprint density at radius 3 is 2.36 bits per heavy atom. The highest BCUT2D eigenvalue weighted by molar-refractivity contribution is 7.92. The van der Waals surface area contributed by atoms with E-state index in [0.717, 1.165) is 36.2 Å². The molecule has 1 fully saturated rings. The summed E-state index contributed by atoms with van der Waals surface area (Å²) in [7, 11) is -3.79. The van der Waals surface area contributed by atoms with E-state index in [4.69, 9.17) is 23.2 Å². The van der Waals surface area contributed by atoms with Gasteiger partial charge in [-0.1, -0.05) is 67.2 Å². The zero-order chi connectivity index (χ0) is 26.5. The normalized spacial score (nSPS) is 14.9. The number of halogens is 2. The van der Waals surface area contributed by atoms with Crippen molar-refractivity contribution in [3.05, 3.63) is 63.6 Å². The van der Waals surface area contributed by atoms with Crippen molar-refractivity contribution in [2.45, 2.75) is 64.6 Å². The Kier molecular flexibility index (Phi) is 9.66. The molecule has 0 unspecified atom stereocenters. The predicted molar refractivity (Wildman–Crippen MR) is 145 cm³/mol. The van der Waals surface area contributed by atoms with Crippen LogP contribution in [0.2, 0.25) is 10.0 Å². The van der Waals surface area contributed by atoms with Gasteiger partial charge in [0.05, 0.1) is 11.9 Å². The number of nitrogens with zero attached hydrogens (tertiary/aromatic N) is 2. The van der Waals surface area contributed by atoms with E-state index in [0.29, 0.717) is 33.3 Å². The first kappa shape index (κ1) is 28.3. The number of rotatable bonds is 10. The maximum atomic E-state index is 13.8. The lowest BCUT2D eigenvalue weighted by Crippen LogP contribution is -2.53. The van der Waals surface area contributed by atoms with Crippen molar-refractivity contribution in [3.63, 3.8) is 0 Å².